The van der Waals surface area contributed by atoms with Gasteiger partial charge in [0.05, 0.1) is 13.2 Å². The van der Waals surface area contributed by atoms with Crippen LogP contribution in [-0.2, 0) is 32.7 Å². The number of unbranched alkanes of at least 4 members (excludes halogenated alkanes) is 10. The van der Waals surface area contributed by atoms with Crippen LogP contribution >= 0.6 is 7.82 Å². The smallest absolute Gasteiger partial charge is 0.462 e. The van der Waals surface area contributed by atoms with Gasteiger partial charge < -0.3 is 20.1 Å². The van der Waals surface area contributed by atoms with E-state index in [0.29, 0.717) is 12.8 Å². The van der Waals surface area contributed by atoms with Crippen LogP contribution in [0.3, 0.4) is 0 Å². The Hall–Kier alpha value is -5.15. The molecule has 0 saturated carbocycles. The Labute approximate surface area is 494 Å². The normalized spacial score (nSPS) is 14.4. The first-order valence-corrected chi connectivity index (χ1v) is 32.4. The van der Waals surface area contributed by atoms with Crippen LogP contribution in [0.1, 0.15) is 206 Å². The summed E-state index contributed by atoms with van der Waals surface area (Å²) in [5, 5.41) is 0. The summed E-state index contributed by atoms with van der Waals surface area (Å²) in [6.45, 7) is 3.42. The summed E-state index contributed by atoms with van der Waals surface area (Å²) >= 11 is 0. The lowest BCUT2D eigenvalue weighted by atomic mass is 10.1. The SMILES string of the molecule is CC/C=C\C/C=C\C/C=C\C/C=C\C/C=C\C/C=C\C/C=C\C/C=C\C/C=C\C/C=C\C/C=C\C/C=C\CCCCC(=O)OC(COC(=O)CCCCCCCCCC/C=C\C/C=C\C/C=C\C/C=C\CC)COP(=O)(O)OCCN. The lowest BCUT2D eigenvalue weighted by Gasteiger charge is -2.19. The van der Waals surface area contributed by atoms with E-state index in [1.165, 1.54) is 25.7 Å². The molecule has 0 aromatic heterocycles. The molecule has 0 aromatic carbocycles. The van der Waals surface area contributed by atoms with Gasteiger partial charge in [-0.3, -0.25) is 18.6 Å². The van der Waals surface area contributed by atoms with Gasteiger partial charge >= 0.3 is 19.8 Å². The van der Waals surface area contributed by atoms with Gasteiger partial charge in [-0.05, 0) is 141 Å². The summed E-state index contributed by atoms with van der Waals surface area (Å²) in [4.78, 5) is 35.2. The number of nitrogens with two attached hydrogens (primary N) is 1. The molecular formula is C71H110NO8P. The average molecular weight is 1140 g/mol. The molecule has 0 radical (unpaired) electrons. The van der Waals surface area contributed by atoms with Crippen LogP contribution in [0.4, 0.5) is 0 Å². The fourth-order valence-corrected chi connectivity index (χ4v) is 8.25. The van der Waals surface area contributed by atoms with Crippen molar-refractivity contribution in [1.82, 2.24) is 0 Å². The molecule has 2 unspecified atom stereocenters. The molecule has 9 nitrogen and oxygen atoms in total. The lowest BCUT2D eigenvalue weighted by molar-refractivity contribution is -0.161. The molecule has 0 rings (SSSR count). The van der Waals surface area contributed by atoms with Crippen molar-refractivity contribution in [3.63, 3.8) is 0 Å². The minimum absolute atomic E-state index is 0.0338. The number of carbonyl (C=O) groups is 2. The molecule has 0 aliphatic rings. The number of allylic oxidation sites excluding steroid dienone is 32. The van der Waals surface area contributed by atoms with Crippen molar-refractivity contribution in [1.29, 1.82) is 0 Å². The molecule has 0 aliphatic carbocycles. The molecule has 0 aliphatic heterocycles. The maximum absolute atomic E-state index is 12.7. The topological polar surface area (TPSA) is 134 Å². The molecule has 81 heavy (non-hydrogen) atoms. The van der Waals surface area contributed by atoms with Gasteiger partial charge in [0.25, 0.3) is 0 Å². The van der Waals surface area contributed by atoms with Crippen LogP contribution < -0.4 is 5.73 Å². The van der Waals surface area contributed by atoms with Crippen molar-refractivity contribution < 1.29 is 37.6 Å². The number of ether oxygens (including phenoxy) is 2. The standard InChI is InChI=1S/C71H110NO8P/c1-3-5-7-9-11-13-15-17-19-21-23-25-26-27-28-29-30-31-32-33-34-35-36-37-38-39-40-41-42-44-46-48-50-52-54-56-58-60-62-64-71(74)80-69(68-79-81(75,76)78-66-65-72)67-77-70(73)63-61-59-57-55-53-51-49-47-45-43-24-22-20-18-16-14-12-10-8-6-4-2/h5-8,11-14,17-20,23-25,27-28,30-31,33-34,36-37,39-40,42-44,48,50,54,56,69H,3-4,9-10,15-16,21-22,26,29,32,35,38,41,45-47,49,51-53,55,57-68,72H2,1-2H3,(H,75,76)/b7-5-,8-6-,13-11-,14-12-,19-17-,20-18-,25-23-,28-27-,31-30-,34-33-,37-36-,40-39-,43-24-,44-42-,50-48-,56-54-. The molecule has 3 N–H and O–H groups in total. The van der Waals surface area contributed by atoms with Gasteiger partial charge in [0.1, 0.15) is 6.61 Å². The number of carbonyl (C=O) groups excluding carboxylic acids is 2. The van der Waals surface area contributed by atoms with Crippen molar-refractivity contribution in [2.45, 2.75) is 213 Å². The minimum Gasteiger partial charge on any atom is -0.462 e. The highest BCUT2D eigenvalue weighted by Gasteiger charge is 2.26. The Morgan fingerprint density at radius 1 is 0.370 bits per heavy atom. The number of hydrogen-bond acceptors (Lipinski definition) is 8. The van der Waals surface area contributed by atoms with Crippen LogP contribution in [-0.4, -0.2) is 49.3 Å². The predicted octanol–water partition coefficient (Wildman–Crippen LogP) is 20.2. The second-order valence-electron chi connectivity index (χ2n) is 19.5. The van der Waals surface area contributed by atoms with Crippen LogP contribution in [0.25, 0.3) is 0 Å². The monoisotopic (exact) mass is 1140 g/mol. The van der Waals surface area contributed by atoms with Crippen molar-refractivity contribution in [3.05, 3.63) is 194 Å². The molecule has 0 aromatic rings. The van der Waals surface area contributed by atoms with E-state index in [2.05, 4.69) is 208 Å². The van der Waals surface area contributed by atoms with Crippen molar-refractivity contribution in [3.8, 4) is 0 Å². The third kappa shape index (κ3) is 63.9. The number of phosphoric acid groups is 1. The van der Waals surface area contributed by atoms with E-state index < -0.39 is 32.5 Å². The molecule has 452 valence electrons. The van der Waals surface area contributed by atoms with Gasteiger partial charge in [-0.2, -0.15) is 0 Å². The van der Waals surface area contributed by atoms with Crippen molar-refractivity contribution in [2.75, 3.05) is 26.4 Å². The Balaban J connectivity index is 4.13. The average Bonchev–Trinajstić information content (AvgIpc) is 3.46. The molecule has 0 spiro atoms. The van der Waals surface area contributed by atoms with Gasteiger partial charge in [0.2, 0.25) is 0 Å². The minimum atomic E-state index is -4.42. The third-order valence-corrected chi connectivity index (χ3v) is 13.0. The zero-order valence-corrected chi connectivity index (χ0v) is 51.3. The van der Waals surface area contributed by atoms with Crippen molar-refractivity contribution in [2.24, 2.45) is 5.73 Å². The zero-order valence-electron chi connectivity index (χ0n) is 50.4. The first kappa shape index (κ1) is 75.8. The Morgan fingerprint density at radius 2 is 0.642 bits per heavy atom. The first-order valence-electron chi connectivity index (χ1n) is 30.9. The second kappa shape index (κ2) is 64.0. The van der Waals surface area contributed by atoms with Gasteiger partial charge in [-0.15, -0.1) is 0 Å². The van der Waals surface area contributed by atoms with Gasteiger partial charge in [0.15, 0.2) is 6.10 Å². The van der Waals surface area contributed by atoms with E-state index in [1.54, 1.807) is 0 Å². The molecule has 0 bridgehead atoms. The molecule has 10 heteroatoms. The maximum Gasteiger partial charge on any atom is 0.472 e. The lowest BCUT2D eigenvalue weighted by Crippen LogP contribution is -2.29. The van der Waals surface area contributed by atoms with Crippen LogP contribution in [0.2, 0.25) is 0 Å². The first-order chi connectivity index (χ1) is 39.8. The molecule has 0 amide bonds. The Bertz CT molecular complexity index is 2020. The summed E-state index contributed by atoms with van der Waals surface area (Å²) in [6, 6.07) is 0. The summed E-state index contributed by atoms with van der Waals surface area (Å²) in [5.74, 6) is -0.905. The Morgan fingerprint density at radius 3 is 0.975 bits per heavy atom. The quantitative estimate of drug-likeness (QED) is 0.0264. The van der Waals surface area contributed by atoms with E-state index in [1.807, 2.05) is 0 Å². The fourth-order valence-electron chi connectivity index (χ4n) is 7.49. The molecule has 2 atom stereocenters. The van der Waals surface area contributed by atoms with Crippen LogP contribution in [0.5, 0.6) is 0 Å². The van der Waals surface area contributed by atoms with Crippen molar-refractivity contribution >= 4 is 19.8 Å². The summed E-state index contributed by atoms with van der Waals surface area (Å²) in [5.41, 5.74) is 5.38. The summed E-state index contributed by atoms with van der Waals surface area (Å²) < 4.78 is 33.0. The molecular weight excluding hydrogens is 1030 g/mol. The number of hydrogen-bond donors (Lipinski definition) is 2. The van der Waals surface area contributed by atoms with Gasteiger partial charge in [0, 0.05) is 19.4 Å². The van der Waals surface area contributed by atoms with E-state index >= 15 is 0 Å². The van der Waals surface area contributed by atoms with Gasteiger partial charge in [-0.25, -0.2) is 4.57 Å². The van der Waals surface area contributed by atoms with Gasteiger partial charge in [-0.1, -0.05) is 247 Å². The summed E-state index contributed by atoms with van der Waals surface area (Å²) in [7, 11) is -4.42. The fraction of sp³-hybridized carbons (Fsp3) is 0.521. The second-order valence-corrected chi connectivity index (χ2v) is 20.9. The number of rotatable bonds is 55. The van der Waals surface area contributed by atoms with E-state index in [0.717, 1.165) is 141 Å². The highest BCUT2D eigenvalue weighted by molar-refractivity contribution is 7.47. The van der Waals surface area contributed by atoms with Crippen LogP contribution in [0.15, 0.2) is 194 Å². The molecule has 0 heterocycles. The molecule has 0 fully saturated rings. The van der Waals surface area contributed by atoms with E-state index in [4.69, 9.17) is 24.3 Å². The largest absolute Gasteiger partial charge is 0.472 e. The Kier molecular flexibility index (Phi) is 60.0. The maximum atomic E-state index is 12.7. The molecule has 0 saturated heterocycles. The number of phosphoric ester groups is 1. The predicted molar refractivity (Wildman–Crippen MR) is 348 cm³/mol. The number of esters is 2. The highest BCUT2D eigenvalue weighted by atomic mass is 31.2. The highest BCUT2D eigenvalue weighted by Crippen LogP contribution is 2.43. The van der Waals surface area contributed by atoms with E-state index in [-0.39, 0.29) is 32.6 Å². The van der Waals surface area contributed by atoms with Crippen LogP contribution in [0, 0.1) is 0 Å². The summed E-state index contributed by atoms with van der Waals surface area (Å²) in [6.07, 6.45) is 97.8. The zero-order chi connectivity index (χ0) is 58.7. The third-order valence-electron chi connectivity index (χ3n) is 12.0. The van der Waals surface area contributed by atoms with E-state index in [9.17, 15) is 19.0 Å².